The van der Waals surface area contributed by atoms with Crippen LogP contribution in [0.5, 0.6) is 0 Å². The van der Waals surface area contributed by atoms with Gasteiger partial charge in [-0.25, -0.2) is 0 Å². The third-order valence-corrected chi connectivity index (χ3v) is 2.75. The Morgan fingerprint density at radius 1 is 1.50 bits per heavy atom. The molecule has 1 aromatic rings. The number of hydrogen-bond donors (Lipinski definition) is 7. The largest absolute Gasteiger partial charge is 0.394 e. The average molecular weight is 257 g/mol. The molecule has 0 bridgehead atoms. The summed E-state index contributed by atoms with van der Waals surface area (Å²) in [5, 5.41) is 33.5. The Balaban J connectivity index is 2.22. The van der Waals surface area contributed by atoms with Gasteiger partial charge in [0.05, 0.1) is 12.6 Å². The second kappa shape index (κ2) is 4.80. The maximum atomic E-state index is 11.6. The van der Waals surface area contributed by atoms with Crippen molar-refractivity contribution in [2.75, 3.05) is 29.5 Å². The van der Waals surface area contributed by atoms with Gasteiger partial charge in [0.25, 0.3) is 5.56 Å². The Kier molecular flexibility index (Phi) is 3.36. The molecular weight excluding hydrogens is 242 g/mol. The van der Waals surface area contributed by atoms with E-state index in [0.29, 0.717) is 0 Å². The van der Waals surface area contributed by atoms with Crippen LogP contribution in [0.15, 0.2) is 4.79 Å². The molecule has 0 saturated heterocycles. The van der Waals surface area contributed by atoms with Gasteiger partial charge in [0, 0.05) is 6.54 Å². The highest BCUT2D eigenvalue weighted by molar-refractivity contribution is 5.67. The van der Waals surface area contributed by atoms with Crippen LogP contribution in [0, 0.1) is 0 Å². The summed E-state index contributed by atoms with van der Waals surface area (Å²) in [7, 11) is 0. The second-order valence-electron chi connectivity index (χ2n) is 4.05. The van der Waals surface area contributed by atoms with Crippen molar-refractivity contribution in [1.82, 2.24) is 9.97 Å². The van der Waals surface area contributed by atoms with E-state index in [2.05, 4.69) is 20.6 Å². The van der Waals surface area contributed by atoms with Gasteiger partial charge in [0.15, 0.2) is 5.82 Å². The zero-order valence-corrected chi connectivity index (χ0v) is 9.42. The summed E-state index contributed by atoms with van der Waals surface area (Å²) in [6, 6.07) is -0.619. The van der Waals surface area contributed by atoms with Crippen LogP contribution in [-0.2, 0) is 0 Å². The third kappa shape index (κ3) is 2.23. The fourth-order valence-corrected chi connectivity index (χ4v) is 1.78. The summed E-state index contributed by atoms with van der Waals surface area (Å²) in [6.45, 7) is -0.330. The molecular formula is C9H15N5O4. The lowest BCUT2D eigenvalue weighted by atomic mass is 10.0. The van der Waals surface area contributed by atoms with Crippen LogP contribution in [0.1, 0.15) is 0 Å². The lowest BCUT2D eigenvalue weighted by Gasteiger charge is -2.31. The molecule has 0 amide bonds. The molecule has 9 heteroatoms. The number of rotatable bonds is 3. The van der Waals surface area contributed by atoms with E-state index in [4.69, 9.17) is 10.8 Å². The normalized spacial score (nSPS) is 21.4. The monoisotopic (exact) mass is 257 g/mol. The van der Waals surface area contributed by atoms with E-state index < -0.39 is 30.4 Å². The zero-order chi connectivity index (χ0) is 13.3. The van der Waals surface area contributed by atoms with Crippen LogP contribution in [-0.4, -0.2) is 56.7 Å². The van der Waals surface area contributed by atoms with E-state index in [0.717, 1.165) is 0 Å². The number of aromatic amines is 1. The topological polar surface area (TPSA) is 157 Å². The molecule has 0 radical (unpaired) electrons. The number of anilines is 3. The van der Waals surface area contributed by atoms with Crippen LogP contribution in [0.4, 0.5) is 17.5 Å². The summed E-state index contributed by atoms with van der Waals surface area (Å²) >= 11 is 0. The molecule has 100 valence electrons. The number of aliphatic hydroxyl groups excluding tert-OH is 3. The SMILES string of the molecule is Nc1nc2c(c(=O)[nH]1)NC([C@@H](O)[C@@H](O)CO)CN2. The van der Waals surface area contributed by atoms with Crippen molar-refractivity contribution >= 4 is 17.5 Å². The van der Waals surface area contributed by atoms with E-state index in [-0.39, 0.29) is 24.0 Å². The lowest BCUT2D eigenvalue weighted by Crippen LogP contribution is -2.50. The lowest BCUT2D eigenvalue weighted by molar-refractivity contribution is -0.0210. The number of aliphatic hydroxyl groups is 3. The first-order valence-corrected chi connectivity index (χ1v) is 5.40. The van der Waals surface area contributed by atoms with Crippen LogP contribution < -0.4 is 21.9 Å². The highest BCUT2D eigenvalue weighted by atomic mass is 16.4. The molecule has 9 nitrogen and oxygen atoms in total. The molecule has 8 N–H and O–H groups in total. The average Bonchev–Trinajstić information content (AvgIpc) is 2.36. The van der Waals surface area contributed by atoms with Crippen LogP contribution >= 0.6 is 0 Å². The van der Waals surface area contributed by atoms with E-state index in [1.165, 1.54) is 0 Å². The van der Waals surface area contributed by atoms with Gasteiger partial charge >= 0.3 is 0 Å². The minimum atomic E-state index is -1.29. The molecule has 0 aliphatic carbocycles. The van der Waals surface area contributed by atoms with E-state index >= 15 is 0 Å². The van der Waals surface area contributed by atoms with Gasteiger partial charge in [0.1, 0.15) is 17.9 Å². The number of nitrogen functional groups attached to an aromatic ring is 1. The molecule has 2 rings (SSSR count). The van der Waals surface area contributed by atoms with E-state index in [1.807, 2.05) is 0 Å². The first-order valence-electron chi connectivity index (χ1n) is 5.40. The first kappa shape index (κ1) is 12.6. The highest BCUT2D eigenvalue weighted by Gasteiger charge is 2.30. The zero-order valence-electron chi connectivity index (χ0n) is 9.42. The van der Waals surface area contributed by atoms with Crippen molar-refractivity contribution in [3.05, 3.63) is 10.4 Å². The number of nitrogens with one attached hydrogen (secondary N) is 3. The fourth-order valence-electron chi connectivity index (χ4n) is 1.78. The van der Waals surface area contributed by atoms with Gasteiger partial charge in [0.2, 0.25) is 5.95 Å². The minimum absolute atomic E-state index is 0.0116. The summed E-state index contributed by atoms with van der Waals surface area (Å²) in [5.41, 5.74) is 5.06. The number of aromatic nitrogens is 2. The van der Waals surface area contributed by atoms with Gasteiger partial charge in [-0.1, -0.05) is 0 Å². The summed E-state index contributed by atoms with van der Waals surface area (Å²) in [5.74, 6) is 0.278. The number of hydrogen-bond acceptors (Lipinski definition) is 8. The smallest absolute Gasteiger partial charge is 0.277 e. The van der Waals surface area contributed by atoms with Crippen LogP contribution in [0.2, 0.25) is 0 Å². The quantitative estimate of drug-likeness (QED) is 0.307. The van der Waals surface area contributed by atoms with Gasteiger partial charge in [-0.3, -0.25) is 9.78 Å². The van der Waals surface area contributed by atoms with Crippen molar-refractivity contribution < 1.29 is 15.3 Å². The molecule has 0 fully saturated rings. The third-order valence-electron chi connectivity index (χ3n) is 2.75. The molecule has 18 heavy (non-hydrogen) atoms. The molecule has 0 saturated carbocycles. The Morgan fingerprint density at radius 3 is 2.89 bits per heavy atom. The Labute approximate surface area is 102 Å². The van der Waals surface area contributed by atoms with Gasteiger partial charge in [-0.2, -0.15) is 4.98 Å². The summed E-state index contributed by atoms with van der Waals surface area (Å²) in [6.07, 6.45) is -2.50. The fraction of sp³-hybridized carbons (Fsp3) is 0.556. The molecule has 0 spiro atoms. The maximum absolute atomic E-state index is 11.6. The predicted molar refractivity (Wildman–Crippen MR) is 64.3 cm³/mol. The molecule has 1 unspecified atom stereocenters. The summed E-state index contributed by atoms with van der Waals surface area (Å²) < 4.78 is 0. The van der Waals surface area contributed by atoms with E-state index in [9.17, 15) is 15.0 Å². The van der Waals surface area contributed by atoms with Gasteiger partial charge in [-0.05, 0) is 0 Å². The van der Waals surface area contributed by atoms with E-state index in [1.54, 1.807) is 0 Å². The highest BCUT2D eigenvalue weighted by Crippen LogP contribution is 2.21. The molecule has 1 aliphatic heterocycles. The number of H-pyrrole nitrogens is 1. The molecule has 1 aromatic heterocycles. The Hall–Kier alpha value is -1.84. The minimum Gasteiger partial charge on any atom is -0.394 e. The number of nitrogens with two attached hydrogens (primary N) is 1. The van der Waals surface area contributed by atoms with Gasteiger partial charge in [-0.15, -0.1) is 0 Å². The molecule has 0 aromatic carbocycles. The van der Waals surface area contributed by atoms with Crippen molar-refractivity contribution in [1.29, 1.82) is 0 Å². The molecule has 2 heterocycles. The van der Waals surface area contributed by atoms with Crippen LogP contribution in [0.3, 0.4) is 0 Å². The number of nitrogens with zero attached hydrogens (tertiary/aromatic N) is 1. The maximum Gasteiger partial charge on any atom is 0.277 e. The first-order chi connectivity index (χ1) is 8.52. The second-order valence-corrected chi connectivity index (χ2v) is 4.05. The van der Waals surface area contributed by atoms with Crippen molar-refractivity contribution in [2.45, 2.75) is 18.2 Å². The van der Waals surface area contributed by atoms with Crippen molar-refractivity contribution in [3.8, 4) is 0 Å². The summed E-state index contributed by atoms with van der Waals surface area (Å²) in [4.78, 5) is 17.8. The van der Waals surface area contributed by atoms with Crippen molar-refractivity contribution in [2.24, 2.45) is 0 Å². The molecule has 3 atom stereocenters. The van der Waals surface area contributed by atoms with Crippen LogP contribution in [0.25, 0.3) is 0 Å². The Morgan fingerprint density at radius 2 is 2.22 bits per heavy atom. The van der Waals surface area contributed by atoms with Gasteiger partial charge < -0.3 is 31.7 Å². The Bertz CT molecular complexity index is 490. The predicted octanol–water partition coefficient (Wildman–Crippen LogP) is -2.73. The van der Waals surface area contributed by atoms with Crippen molar-refractivity contribution in [3.63, 3.8) is 0 Å². The molecule has 1 aliphatic rings. The number of fused-ring (bicyclic) bond motifs is 1. The standard InChI is InChI=1S/C9H15N5O4/c10-9-13-7-5(8(18)14-9)12-3(1-11-7)6(17)4(16)2-15/h3-4,6,12,15-17H,1-2H2,(H4,10,11,13,14,18)/t3?,4-,6+/m0/s1.